The summed E-state index contributed by atoms with van der Waals surface area (Å²) in [6, 6.07) is 0. The number of ether oxygens (including phenoxy) is 1. The van der Waals surface area contributed by atoms with Crippen LogP contribution >= 0.6 is 0 Å². The minimum Gasteiger partial charge on any atom is -0.461 e. The lowest BCUT2D eigenvalue weighted by atomic mass is 9.83. The maximum atomic E-state index is 12.1. The quantitative estimate of drug-likeness (QED) is 0.525. The number of carbonyl (C=O) groups excluding carboxylic acids is 2. The summed E-state index contributed by atoms with van der Waals surface area (Å²) in [5, 5.41) is 0. The molecule has 0 heterocycles. The van der Waals surface area contributed by atoms with E-state index in [9.17, 15) is 9.59 Å². The molecule has 0 amide bonds. The molecular formula is C17H28O3. The highest BCUT2D eigenvalue weighted by atomic mass is 16.5. The molecule has 0 saturated heterocycles. The minimum absolute atomic E-state index is 0.0254. The summed E-state index contributed by atoms with van der Waals surface area (Å²) in [6.07, 6.45) is 6.11. The van der Waals surface area contributed by atoms with Gasteiger partial charge in [0.05, 0.1) is 5.92 Å². The smallest absolute Gasteiger partial charge is 0.302 e. The Morgan fingerprint density at radius 1 is 1.55 bits per heavy atom. The number of Topliss-reactive ketones (excluding diaryl/α,β-unsaturated/α-hetero) is 1. The van der Waals surface area contributed by atoms with Crippen molar-refractivity contribution >= 4 is 11.8 Å². The summed E-state index contributed by atoms with van der Waals surface area (Å²) in [4.78, 5) is 23.5. The van der Waals surface area contributed by atoms with Gasteiger partial charge >= 0.3 is 5.97 Å². The zero-order valence-corrected chi connectivity index (χ0v) is 12.7. The molecule has 20 heavy (non-hydrogen) atoms. The van der Waals surface area contributed by atoms with E-state index in [-0.39, 0.29) is 35.9 Å². The minimum atomic E-state index is -1.90. The van der Waals surface area contributed by atoms with Gasteiger partial charge in [0.15, 0.2) is 0 Å². The van der Waals surface area contributed by atoms with E-state index in [2.05, 4.69) is 0 Å². The Kier molecular flexibility index (Phi) is 5.19. The van der Waals surface area contributed by atoms with Gasteiger partial charge in [0.2, 0.25) is 0 Å². The van der Waals surface area contributed by atoms with Gasteiger partial charge in [0, 0.05) is 17.5 Å². The molecule has 0 aromatic heterocycles. The SMILES string of the molecule is [2H]C([2H])([2H])CCC=CC[C@@H](C)[C@@H](OC(C)=O)[C@H]1C(=O)CCC1C. The number of hydrogen-bond donors (Lipinski definition) is 0. The van der Waals surface area contributed by atoms with Gasteiger partial charge in [0.1, 0.15) is 11.9 Å². The standard InChI is InChI=1S/C17H28O3/c1-5-6-7-8-9-13(3)17(20-14(4)18)16-12(2)10-11-15(16)19/h7-8,12-13,16-17H,5-6,9-11H2,1-4H3/t12?,13-,16-,17-/m1/s1/i1D3. The monoisotopic (exact) mass is 283 g/mol. The third-order valence-electron chi connectivity index (χ3n) is 4.03. The molecule has 3 heteroatoms. The summed E-state index contributed by atoms with van der Waals surface area (Å²) < 4.78 is 26.9. The Morgan fingerprint density at radius 2 is 2.30 bits per heavy atom. The van der Waals surface area contributed by atoms with Crippen LogP contribution in [0.1, 0.15) is 63.8 Å². The van der Waals surface area contributed by atoms with E-state index < -0.39 is 13.0 Å². The highest BCUT2D eigenvalue weighted by Crippen LogP contribution is 2.36. The fourth-order valence-corrected chi connectivity index (χ4v) is 2.92. The number of esters is 1. The molecule has 0 aromatic rings. The summed E-state index contributed by atoms with van der Waals surface area (Å²) >= 11 is 0. The van der Waals surface area contributed by atoms with Crippen LogP contribution in [0.2, 0.25) is 0 Å². The first-order valence-corrected chi connectivity index (χ1v) is 7.46. The fraction of sp³-hybridized carbons (Fsp3) is 0.765. The molecule has 1 fully saturated rings. The molecule has 0 spiro atoms. The molecule has 114 valence electrons. The summed E-state index contributed by atoms with van der Waals surface area (Å²) in [5.74, 6) is -0.141. The van der Waals surface area contributed by atoms with Crippen LogP contribution < -0.4 is 0 Å². The van der Waals surface area contributed by atoms with Crippen LogP contribution in [-0.4, -0.2) is 17.9 Å². The summed E-state index contributed by atoms with van der Waals surface area (Å²) in [5.41, 5.74) is 0. The van der Waals surface area contributed by atoms with Gasteiger partial charge in [-0.25, -0.2) is 0 Å². The average molecular weight is 283 g/mol. The Balaban J connectivity index is 2.62. The van der Waals surface area contributed by atoms with Crippen molar-refractivity contribution in [2.45, 2.75) is 65.8 Å². The fourth-order valence-electron chi connectivity index (χ4n) is 2.92. The van der Waals surface area contributed by atoms with E-state index in [0.29, 0.717) is 19.3 Å². The lowest BCUT2D eigenvalue weighted by Gasteiger charge is -2.30. The van der Waals surface area contributed by atoms with E-state index in [1.807, 2.05) is 26.0 Å². The second-order valence-corrected chi connectivity index (χ2v) is 5.81. The topological polar surface area (TPSA) is 43.4 Å². The van der Waals surface area contributed by atoms with Crippen LogP contribution in [0, 0.1) is 17.8 Å². The van der Waals surface area contributed by atoms with E-state index in [0.717, 1.165) is 6.42 Å². The van der Waals surface area contributed by atoms with Gasteiger partial charge < -0.3 is 4.74 Å². The molecule has 1 aliphatic rings. The number of hydrogen-bond acceptors (Lipinski definition) is 3. The van der Waals surface area contributed by atoms with Gasteiger partial charge in [-0.1, -0.05) is 39.3 Å². The number of rotatable bonds is 7. The van der Waals surface area contributed by atoms with Crippen LogP contribution in [0.4, 0.5) is 0 Å². The Labute approximate surface area is 127 Å². The molecule has 0 aromatic carbocycles. The van der Waals surface area contributed by atoms with Crippen LogP contribution in [0.3, 0.4) is 0 Å². The summed E-state index contributed by atoms with van der Waals surface area (Å²) in [7, 11) is 0. The van der Waals surface area contributed by atoms with Gasteiger partial charge in [0.25, 0.3) is 0 Å². The van der Waals surface area contributed by atoms with E-state index in [1.54, 1.807) is 0 Å². The molecule has 0 N–H and O–H groups in total. The highest BCUT2D eigenvalue weighted by Gasteiger charge is 2.41. The van der Waals surface area contributed by atoms with Gasteiger partial charge in [-0.05, 0) is 31.1 Å². The maximum Gasteiger partial charge on any atom is 0.302 e. The van der Waals surface area contributed by atoms with Crippen LogP contribution in [-0.2, 0) is 14.3 Å². The average Bonchev–Trinajstić information content (AvgIpc) is 2.73. The molecule has 1 saturated carbocycles. The highest BCUT2D eigenvalue weighted by molar-refractivity contribution is 5.84. The van der Waals surface area contributed by atoms with Crippen LogP contribution in [0.5, 0.6) is 0 Å². The second kappa shape index (κ2) is 8.23. The van der Waals surface area contributed by atoms with E-state index >= 15 is 0 Å². The zero-order valence-electron chi connectivity index (χ0n) is 15.7. The first-order valence-electron chi connectivity index (χ1n) is 8.96. The molecule has 0 bridgehead atoms. The third kappa shape index (κ3) is 4.77. The first-order chi connectivity index (χ1) is 10.6. The van der Waals surface area contributed by atoms with Gasteiger partial charge in [-0.15, -0.1) is 0 Å². The lowest BCUT2D eigenvalue weighted by Crippen LogP contribution is -2.37. The number of ketones is 1. The Morgan fingerprint density at radius 3 is 2.85 bits per heavy atom. The number of carbonyl (C=O) groups is 2. The largest absolute Gasteiger partial charge is 0.461 e. The van der Waals surface area contributed by atoms with Crippen molar-refractivity contribution in [1.82, 2.24) is 0 Å². The second-order valence-electron chi connectivity index (χ2n) is 5.81. The molecule has 0 aliphatic heterocycles. The molecule has 3 nitrogen and oxygen atoms in total. The van der Waals surface area contributed by atoms with Crippen molar-refractivity contribution in [3.05, 3.63) is 12.2 Å². The molecule has 0 radical (unpaired) electrons. The zero-order chi connectivity index (χ0) is 17.6. The van der Waals surface area contributed by atoms with E-state index in [4.69, 9.17) is 8.85 Å². The summed E-state index contributed by atoms with van der Waals surface area (Å²) in [6.45, 7) is 3.48. The molecular weight excluding hydrogens is 252 g/mol. The van der Waals surface area contributed by atoms with Crippen LogP contribution in [0.15, 0.2) is 12.2 Å². The molecule has 1 unspecified atom stereocenters. The maximum absolute atomic E-state index is 12.1. The van der Waals surface area contributed by atoms with Crippen molar-refractivity contribution in [3.63, 3.8) is 0 Å². The first kappa shape index (κ1) is 12.6. The van der Waals surface area contributed by atoms with Crippen molar-refractivity contribution < 1.29 is 18.4 Å². The predicted octanol–water partition coefficient (Wildman–Crippen LogP) is 3.92. The van der Waals surface area contributed by atoms with E-state index in [1.165, 1.54) is 6.92 Å². The Hall–Kier alpha value is -1.12. The van der Waals surface area contributed by atoms with Gasteiger partial charge in [-0.2, -0.15) is 0 Å². The normalized spacial score (nSPS) is 28.8. The third-order valence-corrected chi connectivity index (χ3v) is 4.03. The van der Waals surface area contributed by atoms with Crippen LogP contribution in [0.25, 0.3) is 0 Å². The predicted molar refractivity (Wildman–Crippen MR) is 80.3 cm³/mol. The Bertz CT molecular complexity index is 443. The van der Waals surface area contributed by atoms with Gasteiger partial charge in [-0.3, -0.25) is 9.59 Å². The molecule has 1 aliphatic carbocycles. The van der Waals surface area contributed by atoms with Crippen molar-refractivity contribution in [2.75, 3.05) is 0 Å². The van der Waals surface area contributed by atoms with Crippen molar-refractivity contribution in [3.8, 4) is 0 Å². The van der Waals surface area contributed by atoms with Crippen molar-refractivity contribution in [1.29, 1.82) is 0 Å². The molecule has 4 atom stereocenters. The molecule has 1 rings (SSSR count). The van der Waals surface area contributed by atoms with Crippen molar-refractivity contribution in [2.24, 2.45) is 17.8 Å². The lowest BCUT2D eigenvalue weighted by molar-refractivity contribution is -0.154. The number of allylic oxidation sites excluding steroid dienone is 2.